The molecule has 0 atom stereocenters. The number of benzene rings is 1. The molecule has 6 heteroatoms. The number of ether oxygens (including phenoxy) is 2. The van der Waals surface area contributed by atoms with E-state index in [1.165, 1.54) is 20.4 Å². The maximum atomic E-state index is 11.3. The molecule has 0 saturated heterocycles. The van der Waals surface area contributed by atoms with Crippen LogP contribution in [0.2, 0.25) is 0 Å². The van der Waals surface area contributed by atoms with Crippen LogP contribution in [0.25, 0.3) is 11.1 Å². The van der Waals surface area contributed by atoms with Gasteiger partial charge < -0.3 is 19.6 Å². The normalized spacial score (nSPS) is 10.1. The third-order valence-corrected chi connectivity index (χ3v) is 2.85. The monoisotopic (exact) mass is 275 g/mol. The van der Waals surface area contributed by atoms with Gasteiger partial charge in [-0.25, -0.2) is 4.79 Å². The second kappa shape index (κ2) is 5.48. The number of hydrogen-bond acceptors (Lipinski definition) is 4. The Bertz CT molecular complexity index is 705. The van der Waals surface area contributed by atoms with Crippen LogP contribution in [-0.4, -0.2) is 30.3 Å². The van der Waals surface area contributed by atoms with E-state index < -0.39 is 11.5 Å². The minimum absolute atomic E-state index is 0.0859. The van der Waals surface area contributed by atoms with Gasteiger partial charge in [-0.3, -0.25) is 4.79 Å². The molecule has 0 aliphatic heterocycles. The van der Waals surface area contributed by atoms with Gasteiger partial charge in [-0.05, 0) is 12.1 Å². The largest absolute Gasteiger partial charge is 0.497 e. The summed E-state index contributed by atoms with van der Waals surface area (Å²) in [5.41, 5.74) is 0.370. The number of methoxy groups -OCH3 is 2. The molecule has 6 nitrogen and oxygen atoms in total. The van der Waals surface area contributed by atoms with Gasteiger partial charge in [0, 0.05) is 29.5 Å². The predicted molar refractivity (Wildman–Crippen MR) is 72.6 cm³/mol. The molecule has 0 spiro atoms. The van der Waals surface area contributed by atoms with Crippen molar-refractivity contribution in [2.75, 3.05) is 14.2 Å². The summed E-state index contributed by atoms with van der Waals surface area (Å²) in [6.45, 7) is 0. The van der Waals surface area contributed by atoms with Crippen molar-refractivity contribution in [3.05, 3.63) is 46.4 Å². The van der Waals surface area contributed by atoms with Crippen LogP contribution in [-0.2, 0) is 0 Å². The van der Waals surface area contributed by atoms with E-state index in [4.69, 9.17) is 9.47 Å². The fourth-order valence-electron chi connectivity index (χ4n) is 1.89. The molecule has 0 unspecified atom stereocenters. The zero-order chi connectivity index (χ0) is 14.7. The van der Waals surface area contributed by atoms with Crippen molar-refractivity contribution in [1.82, 2.24) is 4.98 Å². The summed E-state index contributed by atoms with van der Waals surface area (Å²) in [4.78, 5) is 25.0. The van der Waals surface area contributed by atoms with Crippen molar-refractivity contribution in [3.63, 3.8) is 0 Å². The van der Waals surface area contributed by atoms with E-state index in [0.717, 1.165) is 6.07 Å². The number of pyridine rings is 1. The molecule has 0 saturated carbocycles. The summed E-state index contributed by atoms with van der Waals surface area (Å²) in [7, 11) is 3.00. The molecule has 104 valence electrons. The third kappa shape index (κ3) is 2.49. The minimum atomic E-state index is -1.18. The first-order chi connectivity index (χ1) is 9.56. The summed E-state index contributed by atoms with van der Waals surface area (Å²) in [5, 5.41) is 9.20. The van der Waals surface area contributed by atoms with E-state index in [-0.39, 0.29) is 5.56 Å². The van der Waals surface area contributed by atoms with E-state index in [9.17, 15) is 14.7 Å². The van der Waals surface area contributed by atoms with Gasteiger partial charge >= 0.3 is 5.97 Å². The molecule has 2 N–H and O–H groups in total. The van der Waals surface area contributed by atoms with E-state index in [2.05, 4.69) is 4.98 Å². The molecule has 0 amide bonds. The summed E-state index contributed by atoms with van der Waals surface area (Å²) in [6.07, 6.45) is 1.36. The van der Waals surface area contributed by atoms with E-state index in [1.54, 1.807) is 18.2 Å². The number of carbonyl (C=O) groups is 1. The van der Waals surface area contributed by atoms with Crippen molar-refractivity contribution >= 4 is 5.97 Å². The van der Waals surface area contributed by atoms with Crippen molar-refractivity contribution in [2.45, 2.75) is 0 Å². The molecule has 0 bridgehead atoms. The third-order valence-electron chi connectivity index (χ3n) is 2.85. The van der Waals surface area contributed by atoms with Crippen molar-refractivity contribution < 1.29 is 19.4 Å². The molecular weight excluding hydrogens is 262 g/mol. The summed E-state index contributed by atoms with van der Waals surface area (Å²) >= 11 is 0. The van der Waals surface area contributed by atoms with Crippen LogP contribution >= 0.6 is 0 Å². The summed E-state index contributed by atoms with van der Waals surface area (Å²) < 4.78 is 10.3. The SMILES string of the molecule is COc1ccc(-c2c[nH]c(=O)cc2C(=O)O)c(OC)c1. The number of rotatable bonds is 4. The number of hydrogen-bond donors (Lipinski definition) is 2. The van der Waals surface area contributed by atoms with E-state index >= 15 is 0 Å². The van der Waals surface area contributed by atoms with Gasteiger partial charge in [-0.2, -0.15) is 0 Å². The molecule has 2 rings (SSSR count). The molecule has 0 aliphatic rings. The number of aromatic amines is 1. The van der Waals surface area contributed by atoms with Gasteiger partial charge in [0.15, 0.2) is 0 Å². The highest BCUT2D eigenvalue weighted by Gasteiger charge is 2.16. The molecule has 1 aromatic heterocycles. The summed E-state index contributed by atoms with van der Waals surface area (Å²) in [5.74, 6) is -0.130. The van der Waals surface area contributed by atoms with Crippen LogP contribution < -0.4 is 15.0 Å². The Hall–Kier alpha value is -2.76. The van der Waals surface area contributed by atoms with Gasteiger partial charge in [0.2, 0.25) is 5.56 Å². The lowest BCUT2D eigenvalue weighted by atomic mass is 10.0. The molecule has 2 aromatic rings. The highest BCUT2D eigenvalue weighted by Crippen LogP contribution is 2.34. The van der Waals surface area contributed by atoms with Gasteiger partial charge in [0.25, 0.3) is 0 Å². The lowest BCUT2D eigenvalue weighted by Crippen LogP contribution is -2.10. The number of nitrogens with one attached hydrogen (secondary N) is 1. The molecule has 0 aliphatic carbocycles. The summed E-state index contributed by atoms with van der Waals surface area (Å²) in [6, 6.07) is 6.06. The quantitative estimate of drug-likeness (QED) is 0.887. The van der Waals surface area contributed by atoms with Crippen LogP contribution in [0.3, 0.4) is 0 Å². The van der Waals surface area contributed by atoms with Crippen LogP contribution in [0.5, 0.6) is 11.5 Å². The molecule has 1 aromatic carbocycles. The Balaban J connectivity index is 2.68. The Morgan fingerprint density at radius 2 is 1.90 bits per heavy atom. The smallest absolute Gasteiger partial charge is 0.336 e. The first-order valence-corrected chi connectivity index (χ1v) is 5.75. The highest BCUT2D eigenvalue weighted by molar-refractivity contribution is 5.96. The number of aromatic carboxylic acids is 1. The van der Waals surface area contributed by atoms with Crippen LogP contribution in [0.4, 0.5) is 0 Å². The number of H-pyrrole nitrogens is 1. The zero-order valence-corrected chi connectivity index (χ0v) is 11.0. The Kier molecular flexibility index (Phi) is 3.74. The fourth-order valence-corrected chi connectivity index (χ4v) is 1.89. The minimum Gasteiger partial charge on any atom is -0.497 e. The average molecular weight is 275 g/mol. The zero-order valence-electron chi connectivity index (χ0n) is 11.0. The first kappa shape index (κ1) is 13.7. The Morgan fingerprint density at radius 1 is 1.15 bits per heavy atom. The van der Waals surface area contributed by atoms with Gasteiger partial charge in [0.05, 0.1) is 19.8 Å². The van der Waals surface area contributed by atoms with Gasteiger partial charge in [0.1, 0.15) is 11.5 Å². The predicted octanol–water partition coefficient (Wildman–Crippen LogP) is 1.76. The van der Waals surface area contributed by atoms with E-state index in [0.29, 0.717) is 22.6 Å². The van der Waals surface area contributed by atoms with Crippen LogP contribution in [0.1, 0.15) is 10.4 Å². The van der Waals surface area contributed by atoms with Crippen molar-refractivity contribution in [2.24, 2.45) is 0 Å². The molecule has 1 heterocycles. The lowest BCUT2D eigenvalue weighted by molar-refractivity contribution is 0.0697. The van der Waals surface area contributed by atoms with Crippen LogP contribution in [0, 0.1) is 0 Å². The average Bonchev–Trinajstić information content (AvgIpc) is 2.46. The van der Waals surface area contributed by atoms with Gasteiger partial charge in [-0.15, -0.1) is 0 Å². The number of aromatic nitrogens is 1. The Labute approximate surface area is 114 Å². The van der Waals surface area contributed by atoms with Crippen molar-refractivity contribution in [1.29, 1.82) is 0 Å². The Morgan fingerprint density at radius 3 is 2.50 bits per heavy atom. The lowest BCUT2D eigenvalue weighted by Gasteiger charge is -2.12. The number of carboxylic acid groups (broad SMARTS) is 1. The second-order valence-corrected chi connectivity index (χ2v) is 4.00. The maximum Gasteiger partial charge on any atom is 0.336 e. The molecule has 20 heavy (non-hydrogen) atoms. The molecule has 0 fully saturated rings. The highest BCUT2D eigenvalue weighted by atomic mass is 16.5. The maximum absolute atomic E-state index is 11.3. The van der Waals surface area contributed by atoms with Crippen molar-refractivity contribution in [3.8, 4) is 22.6 Å². The standard InChI is InChI=1S/C14H13NO5/c1-19-8-3-4-9(12(5-8)20-2)11-7-15-13(16)6-10(11)14(17)18/h3-7H,1-2H3,(H,15,16)(H,17,18). The fraction of sp³-hybridized carbons (Fsp3) is 0.143. The van der Waals surface area contributed by atoms with E-state index in [1.807, 2.05) is 0 Å². The second-order valence-electron chi connectivity index (χ2n) is 4.00. The molecular formula is C14H13NO5. The van der Waals surface area contributed by atoms with Crippen LogP contribution in [0.15, 0.2) is 35.3 Å². The molecule has 0 radical (unpaired) electrons. The van der Waals surface area contributed by atoms with Gasteiger partial charge in [-0.1, -0.05) is 0 Å². The number of carboxylic acids is 1. The first-order valence-electron chi connectivity index (χ1n) is 5.75. The topological polar surface area (TPSA) is 88.6 Å².